The zero-order valence-corrected chi connectivity index (χ0v) is 26.5. The molecule has 39 heavy (non-hydrogen) atoms. The Morgan fingerprint density at radius 2 is 0.769 bits per heavy atom. The predicted octanol–water partition coefficient (Wildman–Crippen LogP) is 8.18. The molecule has 0 heterocycles. The summed E-state index contributed by atoms with van der Waals surface area (Å²) >= 11 is -1.56. The first-order valence-electron chi connectivity index (χ1n) is 13.3. The van der Waals surface area contributed by atoms with Crippen molar-refractivity contribution in [3.63, 3.8) is 0 Å². The molecule has 0 aliphatic rings. The molecular weight excluding hydrogens is 683 g/mol. The van der Waals surface area contributed by atoms with E-state index in [1.807, 2.05) is 0 Å². The molecule has 0 N–H and O–H groups in total. The van der Waals surface area contributed by atoms with E-state index in [0.717, 1.165) is 0 Å². The Labute approximate surface area is 245 Å². The van der Waals surface area contributed by atoms with Crippen LogP contribution in [0.1, 0.15) is 8.78 Å². The fraction of sp³-hybridized carbons (Fsp3) is 0.0270. The van der Waals surface area contributed by atoms with Crippen molar-refractivity contribution in [2.24, 2.45) is 0 Å². The summed E-state index contributed by atoms with van der Waals surface area (Å²) in [6.07, 6.45) is 0. The SMILES string of the molecule is c1ccc(-c2cccc(-c3ccccc3)[c]2[Pb][C@@H](c2ccccc2)P(c2ccccc2)c2ccccc2)cc1. The monoisotopic (exact) mass is 712 g/mol. The van der Waals surface area contributed by atoms with Gasteiger partial charge in [-0.2, -0.15) is 0 Å². The molecule has 0 saturated heterocycles. The van der Waals surface area contributed by atoms with E-state index in [1.54, 1.807) is 3.12 Å². The van der Waals surface area contributed by atoms with E-state index >= 15 is 0 Å². The summed E-state index contributed by atoms with van der Waals surface area (Å²) in [7, 11) is -0.590. The molecule has 0 spiro atoms. The normalized spacial score (nSPS) is 11.8. The number of hydrogen-bond acceptors (Lipinski definition) is 0. The molecule has 0 amide bonds. The molecule has 6 rings (SSSR count). The van der Waals surface area contributed by atoms with Gasteiger partial charge < -0.3 is 0 Å². The maximum absolute atomic E-state index is 2.37. The van der Waals surface area contributed by atoms with Crippen molar-refractivity contribution in [1.82, 2.24) is 0 Å². The van der Waals surface area contributed by atoms with E-state index in [2.05, 4.69) is 170 Å². The van der Waals surface area contributed by atoms with Gasteiger partial charge in [-0.1, -0.05) is 0 Å². The second kappa shape index (κ2) is 12.7. The Hall–Kier alpha value is -3.33. The van der Waals surface area contributed by atoms with Gasteiger partial charge in [0.25, 0.3) is 0 Å². The quantitative estimate of drug-likeness (QED) is 0.110. The summed E-state index contributed by atoms with van der Waals surface area (Å²) in [6.45, 7) is 0. The number of rotatable bonds is 8. The molecule has 2 heteroatoms. The molecule has 186 valence electrons. The Balaban J connectivity index is 1.58. The molecule has 6 aromatic carbocycles. The van der Waals surface area contributed by atoms with Crippen molar-refractivity contribution in [2.75, 3.05) is 0 Å². The summed E-state index contributed by atoms with van der Waals surface area (Å²) in [4.78, 5) is 0. The summed E-state index contributed by atoms with van der Waals surface area (Å²) in [5.41, 5.74) is 6.90. The topological polar surface area (TPSA) is 0 Å². The van der Waals surface area contributed by atoms with Crippen molar-refractivity contribution in [1.29, 1.82) is 0 Å². The zero-order chi connectivity index (χ0) is 26.3. The molecule has 0 aromatic heterocycles. The minimum atomic E-state index is -1.56. The summed E-state index contributed by atoms with van der Waals surface area (Å²) in [5.74, 6) is 0. The van der Waals surface area contributed by atoms with E-state index in [1.165, 1.54) is 38.4 Å². The average molecular weight is 712 g/mol. The van der Waals surface area contributed by atoms with Crippen LogP contribution in [0.2, 0.25) is 0 Å². The number of benzene rings is 6. The first-order chi connectivity index (χ1) is 19.4. The Morgan fingerprint density at radius 1 is 0.385 bits per heavy atom. The predicted molar refractivity (Wildman–Crippen MR) is 171 cm³/mol. The summed E-state index contributed by atoms with van der Waals surface area (Å²) in [5, 5.41) is 2.91. The van der Waals surface area contributed by atoms with Gasteiger partial charge in [0.15, 0.2) is 0 Å². The third-order valence-corrected chi connectivity index (χ3v) is 19.2. The van der Waals surface area contributed by atoms with Crippen LogP contribution in [0.25, 0.3) is 22.3 Å². The molecule has 0 bridgehead atoms. The van der Waals surface area contributed by atoms with Gasteiger partial charge in [-0.3, -0.25) is 0 Å². The van der Waals surface area contributed by atoms with Gasteiger partial charge in [-0.15, -0.1) is 0 Å². The van der Waals surface area contributed by atoms with Crippen LogP contribution in [0, 0.1) is 0 Å². The van der Waals surface area contributed by atoms with Crippen molar-refractivity contribution in [3.8, 4) is 22.3 Å². The van der Waals surface area contributed by atoms with Crippen LogP contribution < -0.4 is 13.7 Å². The Bertz CT molecular complexity index is 1510. The first-order valence-corrected chi connectivity index (χ1v) is 18.9. The van der Waals surface area contributed by atoms with Crippen LogP contribution in [0.3, 0.4) is 0 Å². The number of hydrogen-bond donors (Lipinski definition) is 0. The average Bonchev–Trinajstić information content (AvgIpc) is 3.03. The second-order valence-corrected chi connectivity index (χ2v) is 18.9. The molecular formula is C37H29PPb. The molecule has 6 aromatic rings. The molecule has 0 saturated carbocycles. The molecule has 0 aliphatic heterocycles. The minimum absolute atomic E-state index is 0.498. The van der Waals surface area contributed by atoms with Gasteiger partial charge in [0.1, 0.15) is 0 Å². The summed E-state index contributed by atoms with van der Waals surface area (Å²) < 4.78 is 2.10. The van der Waals surface area contributed by atoms with E-state index in [9.17, 15) is 0 Å². The van der Waals surface area contributed by atoms with Crippen LogP contribution in [0.15, 0.2) is 170 Å². The molecule has 0 fully saturated rings. The van der Waals surface area contributed by atoms with Gasteiger partial charge in [-0.25, -0.2) is 0 Å². The van der Waals surface area contributed by atoms with Crippen molar-refractivity contribution >= 4 is 45.9 Å². The van der Waals surface area contributed by atoms with Crippen molar-refractivity contribution in [2.45, 2.75) is 3.22 Å². The third-order valence-electron chi connectivity index (χ3n) is 6.96. The first kappa shape index (κ1) is 25.9. The summed E-state index contributed by atoms with van der Waals surface area (Å²) in [6, 6.07) is 62.7. The Morgan fingerprint density at radius 3 is 1.21 bits per heavy atom. The van der Waals surface area contributed by atoms with E-state index in [-0.39, 0.29) is 0 Å². The van der Waals surface area contributed by atoms with Gasteiger partial charge in [0, 0.05) is 0 Å². The van der Waals surface area contributed by atoms with Gasteiger partial charge in [0.05, 0.1) is 0 Å². The van der Waals surface area contributed by atoms with E-state index in [4.69, 9.17) is 0 Å². The maximum atomic E-state index is 2.37. The van der Waals surface area contributed by atoms with Crippen LogP contribution in [0.5, 0.6) is 0 Å². The Kier molecular flexibility index (Phi) is 8.43. The fourth-order valence-electron chi connectivity index (χ4n) is 5.12. The zero-order valence-electron chi connectivity index (χ0n) is 21.7. The van der Waals surface area contributed by atoms with E-state index < -0.39 is 32.2 Å². The molecule has 0 aliphatic carbocycles. The van der Waals surface area contributed by atoms with Crippen LogP contribution >= 0.6 is 7.92 Å². The fourth-order valence-corrected chi connectivity index (χ4v) is 19.2. The van der Waals surface area contributed by atoms with Crippen LogP contribution in [0.4, 0.5) is 0 Å². The van der Waals surface area contributed by atoms with E-state index in [0.29, 0.717) is 3.22 Å². The van der Waals surface area contributed by atoms with Crippen LogP contribution in [-0.2, 0) is 0 Å². The van der Waals surface area contributed by atoms with Gasteiger partial charge >= 0.3 is 247 Å². The molecule has 1 atom stereocenters. The molecule has 0 nitrogen and oxygen atoms in total. The standard InChI is InChI=1S/C19H16P.C18H13.Pb/c1-4-10-17(11-5-1)16-20(18-12-6-2-7-13-18)19-14-8-3-9-15-19;1-3-8-15(9-4-1)17-12-7-13-18(14-17)16-10-5-2-6-11-16;/h1-16H;1-13H;. The van der Waals surface area contributed by atoms with Crippen molar-refractivity contribution in [3.05, 3.63) is 175 Å². The van der Waals surface area contributed by atoms with Gasteiger partial charge in [0.2, 0.25) is 0 Å². The second-order valence-electron chi connectivity index (χ2n) is 9.46. The third kappa shape index (κ3) is 5.98. The molecule has 2 radical (unpaired) electrons. The van der Waals surface area contributed by atoms with Gasteiger partial charge in [-0.05, 0) is 0 Å². The molecule has 0 unspecified atom stereocenters. The van der Waals surface area contributed by atoms with Crippen molar-refractivity contribution < 1.29 is 0 Å². The van der Waals surface area contributed by atoms with Crippen LogP contribution in [-0.4, -0.2) is 24.2 Å².